The maximum Gasteiger partial charge on any atom is 0.317 e. The molecule has 0 aromatic heterocycles. The summed E-state index contributed by atoms with van der Waals surface area (Å²) < 4.78 is 0. The Hall–Kier alpha value is -1.10. The van der Waals surface area contributed by atoms with E-state index < -0.39 is 37.5 Å². The normalized spacial score (nSPS) is 9.21. The molecule has 3 radical (unpaired) electrons. The predicted molar refractivity (Wildman–Crippen MR) is 45.1 cm³/mol. The molecule has 0 aromatic rings. The zero-order valence-corrected chi connectivity index (χ0v) is 8.37. The molecule has 0 spiro atoms. The summed E-state index contributed by atoms with van der Waals surface area (Å²) in [5, 5.41) is 24.8. The van der Waals surface area contributed by atoms with Crippen LogP contribution >= 0.6 is 0 Å². The van der Waals surface area contributed by atoms with E-state index in [0.717, 1.165) is 4.90 Å². The maximum absolute atomic E-state index is 10.1. The van der Waals surface area contributed by atoms with E-state index in [1.807, 2.05) is 0 Å². The van der Waals surface area contributed by atoms with E-state index in [4.69, 9.17) is 15.3 Å². The molecule has 0 unspecified atom stereocenters. The lowest BCUT2D eigenvalue weighted by atomic mass is 10.4. The summed E-state index contributed by atoms with van der Waals surface area (Å²) >= 11 is 0. The first-order valence-electron chi connectivity index (χ1n) is 3.29. The molecule has 0 atom stereocenters. The molecule has 0 aromatic carbocycles. The van der Waals surface area contributed by atoms with Crippen LogP contribution in [0.25, 0.3) is 0 Å². The van der Waals surface area contributed by atoms with E-state index >= 15 is 0 Å². The van der Waals surface area contributed by atoms with Gasteiger partial charge in [0.15, 0.2) is 0 Å². The zero-order chi connectivity index (χ0) is 10.4. The molecule has 14 heavy (non-hydrogen) atoms. The lowest BCUT2D eigenvalue weighted by molar-refractivity contribution is -0.144. The molecular formula is C6H9AlNO6. The third kappa shape index (κ3) is 8.99. The van der Waals surface area contributed by atoms with Crippen LogP contribution in [-0.2, 0) is 14.4 Å². The second kappa shape index (κ2) is 7.32. The molecule has 3 N–H and O–H groups in total. The summed E-state index contributed by atoms with van der Waals surface area (Å²) in [7, 11) is 0. The number of aliphatic carboxylic acids is 3. The number of carboxylic acid groups (broad SMARTS) is 3. The zero-order valence-electron chi connectivity index (χ0n) is 7.21. The van der Waals surface area contributed by atoms with Crippen molar-refractivity contribution in [3.63, 3.8) is 0 Å². The van der Waals surface area contributed by atoms with E-state index in [0.29, 0.717) is 0 Å². The predicted octanol–water partition coefficient (Wildman–Crippen LogP) is -1.84. The number of hydrogen-bond donors (Lipinski definition) is 3. The van der Waals surface area contributed by atoms with E-state index in [-0.39, 0.29) is 17.4 Å². The molecule has 8 heteroatoms. The molecule has 0 aliphatic heterocycles. The first kappa shape index (κ1) is 15.4. The van der Waals surface area contributed by atoms with Gasteiger partial charge in [-0.05, 0) is 0 Å². The molecule has 0 saturated carbocycles. The molecule has 0 heterocycles. The van der Waals surface area contributed by atoms with Gasteiger partial charge in [0.1, 0.15) is 0 Å². The maximum atomic E-state index is 10.1. The fourth-order valence-electron chi connectivity index (χ4n) is 0.742. The van der Waals surface area contributed by atoms with Crippen molar-refractivity contribution >= 4 is 35.3 Å². The first-order chi connectivity index (χ1) is 5.91. The number of nitrogens with zero attached hydrogens (tertiary/aromatic N) is 1. The summed E-state index contributed by atoms with van der Waals surface area (Å²) in [5.74, 6) is -3.78. The highest BCUT2D eigenvalue weighted by atomic mass is 27.0. The molecule has 0 bridgehead atoms. The van der Waals surface area contributed by atoms with E-state index in [1.54, 1.807) is 0 Å². The quantitative estimate of drug-likeness (QED) is 0.448. The Bertz CT molecular complexity index is 192. The molecular weight excluding hydrogens is 209 g/mol. The van der Waals surface area contributed by atoms with Crippen molar-refractivity contribution in [2.24, 2.45) is 0 Å². The SMILES string of the molecule is O=C(O)CN(CC(=O)O)CC(=O)O.[Al]. The number of rotatable bonds is 6. The Morgan fingerprint density at radius 2 is 1.00 bits per heavy atom. The van der Waals surface area contributed by atoms with Gasteiger partial charge in [0.05, 0.1) is 19.6 Å². The highest BCUT2D eigenvalue weighted by Crippen LogP contribution is 1.87. The first-order valence-corrected chi connectivity index (χ1v) is 3.29. The van der Waals surface area contributed by atoms with Crippen LogP contribution in [0.4, 0.5) is 0 Å². The van der Waals surface area contributed by atoms with Crippen LogP contribution in [0.15, 0.2) is 0 Å². The summed E-state index contributed by atoms with van der Waals surface area (Å²) in [6, 6.07) is 0. The lowest BCUT2D eigenvalue weighted by Crippen LogP contribution is -2.38. The van der Waals surface area contributed by atoms with Crippen LogP contribution in [-0.4, -0.2) is 75.1 Å². The standard InChI is InChI=1S/C6H9NO6.Al/c8-4(9)1-7(2-5(10)11)3-6(12)13;/h1-3H2,(H,8,9)(H,10,11)(H,12,13);. The van der Waals surface area contributed by atoms with Crippen molar-refractivity contribution in [1.29, 1.82) is 0 Å². The van der Waals surface area contributed by atoms with Gasteiger partial charge in [-0.1, -0.05) is 0 Å². The van der Waals surface area contributed by atoms with Crippen molar-refractivity contribution < 1.29 is 29.7 Å². The topological polar surface area (TPSA) is 115 Å². The fraction of sp³-hybridized carbons (Fsp3) is 0.500. The van der Waals surface area contributed by atoms with Gasteiger partial charge in [-0.2, -0.15) is 0 Å². The number of carbonyl (C=O) groups is 3. The van der Waals surface area contributed by atoms with Crippen LogP contribution < -0.4 is 0 Å². The Kier molecular flexibility index (Phi) is 8.04. The molecule has 0 aliphatic carbocycles. The van der Waals surface area contributed by atoms with Gasteiger partial charge in [-0.3, -0.25) is 19.3 Å². The Morgan fingerprint density at radius 3 is 1.14 bits per heavy atom. The largest absolute Gasteiger partial charge is 0.480 e. The Labute approximate surface area is 90.1 Å². The van der Waals surface area contributed by atoms with E-state index in [9.17, 15) is 14.4 Å². The summed E-state index contributed by atoms with van der Waals surface area (Å²) in [6.07, 6.45) is 0. The Morgan fingerprint density at radius 1 is 0.786 bits per heavy atom. The highest BCUT2D eigenvalue weighted by Gasteiger charge is 2.15. The van der Waals surface area contributed by atoms with Crippen molar-refractivity contribution in [2.45, 2.75) is 0 Å². The molecule has 0 saturated heterocycles. The van der Waals surface area contributed by atoms with Crippen LogP contribution in [0.5, 0.6) is 0 Å². The molecule has 0 amide bonds. The average Bonchev–Trinajstić information content (AvgIpc) is 1.80. The van der Waals surface area contributed by atoms with Crippen molar-refractivity contribution in [2.75, 3.05) is 19.6 Å². The molecule has 7 nitrogen and oxygen atoms in total. The van der Waals surface area contributed by atoms with E-state index in [2.05, 4.69) is 0 Å². The van der Waals surface area contributed by atoms with Crippen molar-refractivity contribution in [1.82, 2.24) is 4.90 Å². The number of carboxylic acids is 3. The number of hydrogen-bond acceptors (Lipinski definition) is 4. The average molecular weight is 218 g/mol. The monoisotopic (exact) mass is 218 g/mol. The molecule has 0 fully saturated rings. The van der Waals surface area contributed by atoms with Crippen LogP contribution in [0.1, 0.15) is 0 Å². The van der Waals surface area contributed by atoms with E-state index in [1.165, 1.54) is 0 Å². The van der Waals surface area contributed by atoms with Gasteiger partial charge >= 0.3 is 17.9 Å². The van der Waals surface area contributed by atoms with Gasteiger partial charge < -0.3 is 15.3 Å². The molecule has 0 aliphatic rings. The summed E-state index contributed by atoms with van der Waals surface area (Å²) in [6.45, 7) is -1.80. The highest BCUT2D eigenvalue weighted by molar-refractivity contribution is 5.76. The van der Waals surface area contributed by atoms with Crippen LogP contribution in [0, 0.1) is 0 Å². The lowest BCUT2D eigenvalue weighted by Gasteiger charge is -2.14. The molecule has 0 rings (SSSR count). The van der Waals surface area contributed by atoms with Gasteiger partial charge in [-0.25, -0.2) is 0 Å². The van der Waals surface area contributed by atoms with Crippen LogP contribution in [0.3, 0.4) is 0 Å². The minimum absolute atomic E-state index is 0. The summed E-state index contributed by atoms with van der Waals surface area (Å²) in [5.41, 5.74) is 0. The second-order valence-corrected chi connectivity index (χ2v) is 2.33. The van der Waals surface area contributed by atoms with Crippen LogP contribution in [0.2, 0.25) is 0 Å². The summed E-state index contributed by atoms with van der Waals surface area (Å²) in [4.78, 5) is 31.2. The van der Waals surface area contributed by atoms with Gasteiger partial charge in [0.25, 0.3) is 0 Å². The second-order valence-electron chi connectivity index (χ2n) is 2.33. The van der Waals surface area contributed by atoms with Gasteiger partial charge in [-0.15, -0.1) is 0 Å². The minimum Gasteiger partial charge on any atom is -0.480 e. The van der Waals surface area contributed by atoms with Crippen molar-refractivity contribution in [3.8, 4) is 0 Å². The fourth-order valence-corrected chi connectivity index (χ4v) is 0.742. The smallest absolute Gasteiger partial charge is 0.317 e. The minimum atomic E-state index is -1.26. The molecule has 77 valence electrons. The third-order valence-corrected chi connectivity index (χ3v) is 1.08. The van der Waals surface area contributed by atoms with Gasteiger partial charge in [0, 0.05) is 17.4 Å². The van der Waals surface area contributed by atoms with Crippen molar-refractivity contribution in [3.05, 3.63) is 0 Å². The van der Waals surface area contributed by atoms with Gasteiger partial charge in [0.2, 0.25) is 0 Å². The third-order valence-electron chi connectivity index (χ3n) is 1.08. The Balaban J connectivity index is 0.